The van der Waals surface area contributed by atoms with Gasteiger partial charge in [-0.1, -0.05) is 11.6 Å². The van der Waals surface area contributed by atoms with Crippen LogP contribution in [-0.4, -0.2) is 23.1 Å². The Morgan fingerprint density at radius 2 is 1.90 bits per heavy atom. The highest BCUT2D eigenvalue weighted by Gasteiger charge is 2.31. The fraction of sp³-hybridized carbons (Fsp3) is 0.273. The van der Waals surface area contributed by atoms with Crippen LogP contribution in [0, 0.1) is 0 Å². The van der Waals surface area contributed by atoms with Crippen molar-refractivity contribution in [1.29, 1.82) is 0 Å². The van der Waals surface area contributed by atoms with Gasteiger partial charge in [-0.15, -0.1) is 0 Å². The number of nitrogens with one attached hydrogen (secondary N) is 2. The van der Waals surface area contributed by atoms with Crippen LogP contribution in [0.15, 0.2) is 18.2 Å². The first kappa shape index (κ1) is 16.1. The molecule has 1 atom stereocenters. The fourth-order valence-electron chi connectivity index (χ4n) is 1.25. The minimum absolute atomic E-state index is 0.195. The van der Waals surface area contributed by atoms with Gasteiger partial charge in [0, 0.05) is 10.7 Å². The van der Waals surface area contributed by atoms with E-state index in [1.165, 1.54) is 6.92 Å². The smallest absolute Gasteiger partial charge is 0.416 e. The minimum atomic E-state index is -4.60. The van der Waals surface area contributed by atoms with Gasteiger partial charge in [-0.05, 0) is 25.1 Å². The highest BCUT2D eigenvalue weighted by atomic mass is 35.5. The molecule has 0 bridgehead atoms. The first-order chi connectivity index (χ1) is 9.09. The first-order valence-corrected chi connectivity index (χ1v) is 5.65. The molecule has 0 aliphatic heterocycles. The normalized spacial score (nSPS) is 12.7. The second kappa shape index (κ2) is 6.00. The maximum Gasteiger partial charge on any atom is 0.416 e. The van der Waals surface area contributed by atoms with Crippen molar-refractivity contribution in [3.63, 3.8) is 0 Å². The molecule has 3 N–H and O–H groups in total. The largest absolute Gasteiger partial charge is 0.480 e. The van der Waals surface area contributed by atoms with E-state index in [-0.39, 0.29) is 10.7 Å². The Balaban J connectivity index is 2.85. The number of carbonyl (C=O) groups is 2. The topological polar surface area (TPSA) is 78.4 Å². The van der Waals surface area contributed by atoms with Gasteiger partial charge in [0.05, 0.1) is 5.56 Å². The lowest BCUT2D eigenvalue weighted by atomic mass is 10.2. The van der Waals surface area contributed by atoms with Crippen molar-refractivity contribution in [3.8, 4) is 0 Å². The Hall–Kier alpha value is -1.96. The van der Waals surface area contributed by atoms with E-state index in [0.29, 0.717) is 12.1 Å². The number of amides is 2. The number of hydrogen-bond donors (Lipinski definition) is 3. The van der Waals surface area contributed by atoms with E-state index in [1.54, 1.807) is 0 Å². The SMILES string of the molecule is C[C@H](NC(=O)Nc1cc(Cl)cc(C(F)(F)F)c1)C(=O)O. The van der Waals surface area contributed by atoms with Gasteiger partial charge in [0.15, 0.2) is 0 Å². The van der Waals surface area contributed by atoms with Crippen LogP contribution in [-0.2, 0) is 11.0 Å². The number of carboxylic acid groups (broad SMARTS) is 1. The van der Waals surface area contributed by atoms with Gasteiger partial charge in [-0.3, -0.25) is 4.79 Å². The number of hydrogen-bond acceptors (Lipinski definition) is 2. The molecule has 0 saturated carbocycles. The van der Waals surface area contributed by atoms with Crippen molar-refractivity contribution in [2.75, 3.05) is 5.32 Å². The lowest BCUT2D eigenvalue weighted by Crippen LogP contribution is -2.40. The Kier molecular flexibility index (Phi) is 4.83. The summed E-state index contributed by atoms with van der Waals surface area (Å²) in [4.78, 5) is 21.9. The van der Waals surface area contributed by atoms with Crippen molar-refractivity contribution in [3.05, 3.63) is 28.8 Å². The number of aliphatic carboxylic acids is 1. The number of benzene rings is 1. The number of urea groups is 1. The molecule has 20 heavy (non-hydrogen) atoms. The lowest BCUT2D eigenvalue weighted by molar-refractivity contribution is -0.139. The highest BCUT2D eigenvalue weighted by Crippen LogP contribution is 2.33. The maximum absolute atomic E-state index is 12.5. The van der Waals surface area contributed by atoms with Gasteiger partial charge < -0.3 is 15.7 Å². The van der Waals surface area contributed by atoms with Gasteiger partial charge in [0.25, 0.3) is 0 Å². The molecule has 1 rings (SSSR count). The molecule has 1 aromatic carbocycles. The third-order valence-electron chi connectivity index (χ3n) is 2.20. The van der Waals surface area contributed by atoms with E-state index in [0.717, 1.165) is 6.07 Å². The zero-order valence-corrected chi connectivity index (χ0v) is 10.8. The minimum Gasteiger partial charge on any atom is -0.480 e. The van der Waals surface area contributed by atoms with E-state index in [4.69, 9.17) is 16.7 Å². The molecule has 2 amide bonds. The zero-order chi connectivity index (χ0) is 15.5. The van der Waals surface area contributed by atoms with Gasteiger partial charge >= 0.3 is 18.2 Å². The Labute approximate surface area is 116 Å². The van der Waals surface area contributed by atoms with Crippen LogP contribution in [0.5, 0.6) is 0 Å². The Morgan fingerprint density at radius 3 is 2.40 bits per heavy atom. The third-order valence-corrected chi connectivity index (χ3v) is 2.42. The highest BCUT2D eigenvalue weighted by molar-refractivity contribution is 6.31. The summed E-state index contributed by atoms with van der Waals surface area (Å²) in [5.74, 6) is -1.28. The predicted octanol–water partition coefficient (Wildman–Crippen LogP) is 2.95. The van der Waals surface area contributed by atoms with Crippen LogP contribution in [0.25, 0.3) is 0 Å². The van der Waals surface area contributed by atoms with Crippen LogP contribution < -0.4 is 10.6 Å². The van der Waals surface area contributed by atoms with Crippen LogP contribution in [0.1, 0.15) is 12.5 Å². The van der Waals surface area contributed by atoms with Gasteiger partial charge in [-0.25, -0.2) is 4.79 Å². The average Bonchev–Trinajstić information content (AvgIpc) is 2.26. The molecule has 0 spiro atoms. The summed E-state index contributed by atoms with van der Waals surface area (Å²) < 4.78 is 37.6. The molecular weight excluding hydrogens is 301 g/mol. The van der Waals surface area contributed by atoms with E-state index in [1.807, 2.05) is 5.32 Å². The van der Waals surface area contributed by atoms with Crippen molar-refractivity contribution in [2.45, 2.75) is 19.1 Å². The predicted molar refractivity (Wildman–Crippen MR) is 65.7 cm³/mol. The molecule has 0 unspecified atom stereocenters. The van der Waals surface area contributed by atoms with Crippen molar-refractivity contribution in [1.82, 2.24) is 5.32 Å². The van der Waals surface area contributed by atoms with Crippen LogP contribution in [0.3, 0.4) is 0 Å². The quantitative estimate of drug-likeness (QED) is 0.803. The number of halogens is 4. The summed E-state index contributed by atoms with van der Waals surface area (Å²) in [6, 6.07) is 0.384. The molecule has 0 aliphatic rings. The Morgan fingerprint density at radius 1 is 1.30 bits per heavy atom. The summed E-state index contributed by atoms with van der Waals surface area (Å²) in [5, 5.41) is 12.5. The summed E-state index contributed by atoms with van der Waals surface area (Å²) in [5.41, 5.74) is -1.22. The lowest BCUT2D eigenvalue weighted by Gasteiger charge is -2.13. The van der Waals surface area contributed by atoms with E-state index < -0.39 is 29.8 Å². The van der Waals surface area contributed by atoms with Crippen LogP contribution >= 0.6 is 11.6 Å². The number of carboxylic acids is 1. The summed E-state index contributed by atoms with van der Waals surface area (Å²) >= 11 is 5.53. The number of anilines is 1. The van der Waals surface area contributed by atoms with Crippen LogP contribution in [0.2, 0.25) is 5.02 Å². The number of rotatable bonds is 3. The standard InChI is InChI=1S/C11H10ClF3N2O3/c1-5(9(18)19)16-10(20)17-8-3-6(11(13,14)15)2-7(12)4-8/h2-5H,1H3,(H,18,19)(H2,16,17,20)/t5-/m0/s1. The molecule has 110 valence electrons. The van der Waals surface area contributed by atoms with Gasteiger partial charge in [0.1, 0.15) is 6.04 Å². The monoisotopic (exact) mass is 310 g/mol. The molecule has 0 aliphatic carbocycles. The van der Waals surface area contributed by atoms with Gasteiger partial charge in [0.2, 0.25) is 0 Å². The van der Waals surface area contributed by atoms with Crippen molar-refractivity contribution < 1.29 is 27.9 Å². The van der Waals surface area contributed by atoms with Crippen molar-refractivity contribution in [2.24, 2.45) is 0 Å². The van der Waals surface area contributed by atoms with Gasteiger partial charge in [-0.2, -0.15) is 13.2 Å². The summed E-state index contributed by atoms with van der Waals surface area (Å²) in [7, 11) is 0. The first-order valence-electron chi connectivity index (χ1n) is 5.27. The molecular formula is C11H10ClF3N2O3. The second-order valence-corrected chi connectivity index (χ2v) is 4.32. The maximum atomic E-state index is 12.5. The third kappa shape index (κ3) is 4.61. The average molecular weight is 311 g/mol. The molecule has 0 heterocycles. The van der Waals surface area contributed by atoms with E-state index >= 15 is 0 Å². The fourth-order valence-corrected chi connectivity index (χ4v) is 1.49. The van der Waals surface area contributed by atoms with Crippen molar-refractivity contribution >= 4 is 29.3 Å². The summed E-state index contributed by atoms with van der Waals surface area (Å²) in [6.45, 7) is 1.21. The van der Waals surface area contributed by atoms with E-state index in [9.17, 15) is 22.8 Å². The summed E-state index contributed by atoms with van der Waals surface area (Å²) in [6.07, 6.45) is -4.60. The molecule has 0 saturated heterocycles. The molecule has 0 radical (unpaired) electrons. The molecule has 5 nitrogen and oxygen atoms in total. The second-order valence-electron chi connectivity index (χ2n) is 3.88. The molecule has 0 aromatic heterocycles. The van der Waals surface area contributed by atoms with E-state index in [2.05, 4.69) is 5.32 Å². The molecule has 1 aromatic rings. The molecule has 0 fully saturated rings. The number of alkyl halides is 3. The van der Waals surface area contributed by atoms with Crippen LogP contribution in [0.4, 0.5) is 23.7 Å². The number of carbonyl (C=O) groups excluding carboxylic acids is 1. The molecule has 9 heteroatoms. The zero-order valence-electron chi connectivity index (χ0n) is 10.1. The Bertz CT molecular complexity index is 534.